The molecule has 6 heteroatoms. The predicted octanol–water partition coefficient (Wildman–Crippen LogP) is 2.08. The Morgan fingerprint density at radius 2 is 2.00 bits per heavy atom. The Morgan fingerprint density at radius 3 is 2.50 bits per heavy atom. The third kappa shape index (κ3) is 2.46. The zero-order valence-corrected chi connectivity index (χ0v) is 10.1. The van der Waals surface area contributed by atoms with Gasteiger partial charge in [-0.2, -0.15) is 0 Å². The van der Waals surface area contributed by atoms with Gasteiger partial charge in [0, 0.05) is 10.6 Å². The van der Waals surface area contributed by atoms with Crippen LogP contribution in [0.4, 0.5) is 4.39 Å². The smallest absolute Gasteiger partial charge is 0.330 e. The van der Waals surface area contributed by atoms with Crippen LogP contribution in [0.15, 0.2) is 24.3 Å². The highest BCUT2D eigenvalue weighted by atomic mass is 35.5. The summed E-state index contributed by atoms with van der Waals surface area (Å²) in [6.45, 7) is 0. The summed E-state index contributed by atoms with van der Waals surface area (Å²) >= 11 is 5.87. The largest absolute Gasteiger partial charge is 0.479 e. The number of carboxylic acid groups (broad SMARTS) is 1. The van der Waals surface area contributed by atoms with Gasteiger partial charge in [0.2, 0.25) is 0 Å². The molecule has 2 rings (SSSR count). The Bertz CT molecular complexity index is 502. The molecular weight excluding hydrogens is 261 g/mol. The lowest BCUT2D eigenvalue weighted by Gasteiger charge is -2.17. The molecule has 1 aromatic carbocycles. The van der Waals surface area contributed by atoms with E-state index in [-0.39, 0.29) is 23.4 Å². The minimum absolute atomic E-state index is 0.133. The molecule has 1 aliphatic rings. The number of carbonyl (C=O) groups excluding carboxylic acids is 1. The summed E-state index contributed by atoms with van der Waals surface area (Å²) in [7, 11) is 0. The molecule has 0 heterocycles. The standard InChI is InChI=1S/C12H11ClFNO3/c13-8-4-2-1-3-7(8)9(10(16)17)15-11(18)12(14)5-6-12/h1-4,9H,5-6H2,(H,15,18)(H,16,17)/t9-/m1/s1. The molecule has 1 aliphatic carbocycles. The maximum absolute atomic E-state index is 13.5. The molecule has 0 unspecified atom stereocenters. The van der Waals surface area contributed by atoms with Gasteiger partial charge in [0.05, 0.1) is 0 Å². The molecule has 0 radical (unpaired) electrons. The van der Waals surface area contributed by atoms with Gasteiger partial charge in [0.15, 0.2) is 11.7 Å². The number of benzene rings is 1. The van der Waals surface area contributed by atoms with E-state index in [1.807, 2.05) is 0 Å². The van der Waals surface area contributed by atoms with E-state index in [0.29, 0.717) is 0 Å². The minimum Gasteiger partial charge on any atom is -0.479 e. The summed E-state index contributed by atoms with van der Waals surface area (Å²) in [5, 5.41) is 11.5. The number of carbonyl (C=O) groups is 2. The van der Waals surface area contributed by atoms with Crippen LogP contribution in [0.5, 0.6) is 0 Å². The minimum atomic E-state index is -1.91. The Morgan fingerprint density at radius 1 is 1.39 bits per heavy atom. The van der Waals surface area contributed by atoms with Crippen molar-refractivity contribution in [1.82, 2.24) is 5.32 Å². The molecule has 1 atom stereocenters. The highest BCUT2D eigenvalue weighted by Gasteiger charge is 2.51. The predicted molar refractivity (Wildman–Crippen MR) is 63.0 cm³/mol. The first-order chi connectivity index (χ1) is 8.44. The quantitative estimate of drug-likeness (QED) is 0.881. The van der Waals surface area contributed by atoms with Crippen molar-refractivity contribution in [2.24, 2.45) is 0 Å². The summed E-state index contributed by atoms with van der Waals surface area (Å²) in [6.07, 6.45) is 0.265. The van der Waals surface area contributed by atoms with Crippen LogP contribution >= 0.6 is 11.6 Å². The van der Waals surface area contributed by atoms with E-state index in [0.717, 1.165) is 0 Å². The van der Waals surface area contributed by atoms with Crippen LogP contribution in [0.25, 0.3) is 0 Å². The second-order valence-electron chi connectivity index (χ2n) is 4.23. The molecule has 4 nitrogen and oxygen atoms in total. The van der Waals surface area contributed by atoms with Gasteiger partial charge in [-0.1, -0.05) is 29.8 Å². The first-order valence-electron chi connectivity index (χ1n) is 5.41. The zero-order valence-electron chi connectivity index (χ0n) is 9.32. The average Bonchev–Trinajstić information content (AvgIpc) is 3.06. The van der Waals surface area contributed by atoms with Gasteiger partial charge >= 0.3 is 5.97 Å². The lowest BCUT2D eigenvalue weighted by Crippen LogP contribution is -2.39. The lowest BCUT2D eigenvalue weighted by molar-refractivity contribution is -0.143. The summed E-state index contributed by atoms with van der Waals surface area (Å²) in [4.78, 5) is 22.7. The second-order valence-corrected chi connectivity index (χ2v) is 4.64. The first kappa shape index (κ1) is 12.8. The van der Waals surface area contributed by atoms with Gasteiger partial charge in [0.1, 0.15) is 0 Å². The van der Waals surface area contributed by atoms with E-state index in [1.165, 1.54) is 12.1 Å². The fraction of sp³-hybridized carbons (Fsp3) is 0.333. The fourth-order valence-electron chi connectivity index (χ4n) is 1.58. The van der Waals surface area contributed by atoms with Crippen molar-refractivity contribution in [3.63, 3.8) is 0 Å². The van der Waals surface area contributed by atoms with Gasteiger partial charge in [-0.25, -0.2) is 9.18 Å². The highest BCUT2D eigenvalue weighted by Crippen LogP contribution is 2.40. The van der Waals surface area contributed by atoms with Gasteiger partial charge in [0.25, 0.3) is 5.91 Å². The van der Waals surface area contributed by atoms with Crippen molar-refractivity contribution >= 4 is 23.5 Å². The number of aliphatic carboxylic acids is 1. The van der Waals surface area contributed by atoms with E-state index in [4.69, 9.17) is 16.7 Å². The molecule has 0 spiro atoms. The topological polar surface area (TPSA) is 66.4 Å². The molecule has 1 amide bonds. The monoisotopic (exact) mass is 271 g/mol. The molecule has 1 saturated carbocycles. The normalized spacial score (nSPS) is 17.9. The molecular formula is C12H11ClFNO3. The molecule has 18 heavy (non-hydrogen) atoms. The van der Waals surface area contributed by atoms with Crippen molar-refractivity contribution in [3.8, 4) is 0 Å². The van der Waals surface area contributed by atoms with Crippen LogP contribution in [0.2, 0.25) is 5.02 Å². The number of rotatable bonds is 4. The van der Waals surface area contributed by atoms with Crippen LogP contribution in [-0.2, 0) is 9.59 Å². The lowest BCUT2D eigenvalue weighted by atomic mass is 10.1. The van der Waals surface area contributed by atoms with Crippen molar-refractivity contribution in [2.45, 2.75) is 24.6 Å². The molecule has 0 aromatic heterocycles. The maximum atomic E-state index is 13.5. The molecule has 1 fully saturated rings. The van der Waals surface area contributed by atoms with Gasteiger partial charge in [-0.3, -0.25) is 4.79 Å². The molecule has 0 aliphatic heterocycles. The molecule has 0 saturated heterocycles. The van der Waals surface area contributed by atoms with Crippen LogP contribution in [0.1, 0.15) is 24.4 Å². The second kappa shape index (κ2) is 4.57. The van der Waals surface area contributed by atoms with E-state index >= 15 is 0 Å². The van der Waals surface area contributed by atoms with E-state index < -0.39 is 23.6 Å². The number of alkyl halides is 1. The van der Waals surface area contributed by atoms with Crippen molar-refractivity contribution < 1.29 is 19.1 Å². The summed E-state index contributed by atoms with van der Waals surface area (Å²) in [5.74, 6) is -2.17. The Balaban J connectivity index is 2.22. The molecule has 96 valence electrons. The van der Waals surface area contributed by atoms with Crippen molar-refractivity contribution in [2.75, 3.05) is 0 Å². The van der Waals surface area contributed by atoms with Crippen LogP contribution in [-0.4, -0.2) is 22.7 Å². The summed E-state index contributed by atoms with van der Waals surface area (Å²) in [5.41, 5.74) is -1.67. The third-order valence-electron chi connectivity index (χ3n) is 2.83. The summed E-state index contributed by atoms with van der Waals surface area (Å²) < 4.78 is 13.5. The van der Waals surface area contributed by atoms with E-state index in [1.54, 1.807) is 12.1 Å². The van der Waals surface area contributed by atoms with Crippen molar-refractivity contribution in [3.05, 3.63) is 34.9 Å². The zero-order chi connectivity index (χ0) is 13.3. The van der Waals surface area contributed by atoms with Gasteiger partial charge in [-0.05, 0) is 18.9 Å². The number of nitrogens with one attached hydrogen (secondary N) is 1. The van der Waals surface area contributed by atoms with Crippen molar-refractivity contribution in [1.29, 1.82) is 0 Å². The molecule has 1 aromatic rings. The average molecular weight is 272 g/mol. The SMILES string of the molecule is O=C(O)[C@H](NC(=O)C1(F)CC1)c1ccccc1Cl. The third-order valence-corrected chi connectivity index (χ3v) is 3.18. The Hall–Kier alpha value is -1.62. The Labute approximate surface area is 108 Å². The summed E-state index contributed by atoms with van der Waals surface area (Å²) in [6, 6.07) is 4.91. The highest BCUT2D eigenvalue weighted by molar-refractivity contribution is 6.31. The number of carboxylic acids is 1. The van der Waals surface area contributed by atoms with Gasteiger partial charge in [-0.15, -0.1) is 0 Å². The maximum Gasteiger partial charge on any atom is 0.330 e. The van der Waals surface area contributed by atoms with Crippen LogP contribution in [0.3, 0.4) is 0 Å². The van der Waals surface area contributed by atoms with Crippen LogP contribution < -0.4 is 5.32 Å². The van der Waals surface area contributed by atoms with E-state index in [2.05, 4.69) is 5.32 Å². The molecule has 2 N–H and O–H groups in total. The Kier molecular flexibility index (Phi) is 3.26. The number of hydrogen-bond donors (Lipinski definition) is 2. The number of amides is 1. The first-order valence-corrected chi connectivity index (χ1v) is 5.79. The fourth-order valence-corrected chi connectivity index (χ4v) is 1.82. The van der Waals surface area contributed by atoms with Crippen LogP contribution in [0, 0.1) is 0 Å². The molecule has 0 bridgehead atoms. The number of hydrogen-bond acceptors (Lipinski definition) is 2. The number of halogens is 2. The van der Waals surface area contributed by atoms with Gasteiger partial charge < -0.3 is 10.4 Å². The van der Waals surface area contributed by atoms with E-state index in [9.17, 15) is 14.0 Å².